The molecule has 0 aliphatic carbocycles. The highest BCUT2D eigenvalue weighted by atomic mass is 16.1. The van der Waals surface area contributed by atoms with E-state index < -0.39 is 6.26 Å². The molecule has 0 saturated heterocycles. The molecule has 0 radical (unpaired) electrons. The lowest BCUT2D eigenvalue weighted by Gasteiger charge is -1.81. The average Bonchev–Trinajstić information content (AvgIpc) is 2.10. The van der Waals surface area contributed by atoms with Crippen LogP contribution >= 0.6 is 0 Å². The lowest BCUT2D eigenvalue weighted by Crippen LogP contribution is -1.73. The fraction of sp³-hybridized carbons (Fsp3) is 0.222. The van der Waals surface area contributed by atoms with Crippen LogP contribution in [0.25, 0.3) is 0 Å². The second-order valence-corrected chi connectivity index (χ2v) is 1.47. The van der Waals surface area contributed by atoms with Gasteiger partial charge >= 0.3 is 0 Å². The highest BCUT2D eigenvalue weighted by Gasteiger charge is 1.79. The molecule has 0 heterocycles. The Kier molecular flexibility index (Phi) is 4.21. The molecule has 0 spiro atoms. The fourth-order valence-electron chi connectivity index (χ4n) is 0.506. The van der Waals surface area contributed by atoms with E-state index in [4.69, 9.17) is 1.37 Å². The van der Waals surface area contributed by atoms with E-state index in [-0.39, 0.29) is 0 Å². The van der Waals surface area contributed by atoms with E-state index in [0.717, 1.165) is 0 Å². The average molecular weight is 137 g/mol. The van der Waals surface area contributed by atoms with Crippen LogP contribution in [0.5, 0.6) is 0 Å². The smallest absolute Gasteiger partial charge is 0.150 e. The van der Waals surface area contributed by atoms with Crippen molar-refractivity contribution in [2.75, 3.05) is 0 Å². The minimum Gasteiger partial charge on any atom is -0.298 e. The number of carbonyl (C=O) groups is 1. The molecule has 1 aromatic carbocycles. The summed E-state index contributed by atoms with van der Waals surface area (Å²) in [5.41, 5.74) is 0.442. The molecule has 0 aromatic heterocycles. The first-order valence-corrected chi connectivity index (χ1v) is 3.36. The minimum absolute atomic E-state index is 0.442. The Bertz CT molecular complexity index is 206. The van der Waals surface area contributed by atoms with Crippen molar-refractivity contribution in [1.82, 2.24) is 0 Å². The van der Waals surface area contributed by atoms with Crippen LogP contribution in [-0.2, 0) is 0 Å². The maximum Gasteiger partial charge on any atom is 0.150 e. The van der Waals surface area contributed by atoms with Crippen molar-refractivity contribution in [3.8, 4) is 0 Å². The molecule has 1 heteroatoms. The minimum atomic E-state index is -0.629. The van der Waals surface area contributed by atoms with Crippen LogP contribution in [0.4, 0.5) is 0 Å². The van der Waals surface area contributed by atoms with E-state index in [1.807, 2.05) is 19.9 Å². The molecular formula is C9H12O. The van der Waals surface area contributed by atoms with Gasteiger partial charge in [0.25, 0.3) is 0 Å². The monoisotopic (exact) mass is 137 g/mol. The van der Waals surface area contributed by atoms with Gasteiger partial charge in [0.1, 0.15) is 7.63 Å². The molecule has 0 aliphatic rings. The van der Waals surface area contributed by atoms with Gasteiger partial charge in [-0.1, -0.05) is 44.2 Å². The zero-order chi connectivity index (χ0) is 8.69. The molecule has 0 bridgehead atoms. The maximum absolute atomic E-state index is 10.3. The summed E-state index contributed by atoms with van der Waals surface area (Å²) in [5.74, 6) is 0. The Morgan fingerprint density at radius 1 is 1.30 bits per heavy atom. The summed E-state index contributed by atoms with van der Waals surface area (Å²) in [7, 11) is 0. The number of carbonyl (C=O) groups excluding carboxylic acids is 1. The Balaban J connectivity index is 0.000000461. The molecule has 10 heavy (non-hydrogen) atoms. The van der Waals surface area contributed by atoms with Crippen molar-refractivity contribution in [3.63, 3.8) is 0 Å². The number of hydrogen-bond donors (Lipinski definition) is 0. The summed E-state index contributed by atoms with van der Waals surface area (Å²) < 4.78 is 6.68. The summed E-state index contributed by atoms with van der Waals surface area (Å²) in [4.78, 5) is 10.3. The quantitative estimate of drug-likeness (QED) is 0.543. The van der Waals surface area contributed by atoms with Crippen LogP contribution < -0.4 is 0 Å². The molecule has 1 nitrogen and oxygen atoms in total. The molecule has 1 rings (SSSR count). The van der Waals surface area contributed by atoms with E-state index in [1.54, 1.807) is 24.3 Å². The third-order valence-electron chi connectivity index (χ3n) is 0.892. The van der Waals surface area contributed by atoms with Gasteiger partial charge in [-0.2, -0.15) is 0 Å². The van der Waals surface area contributed by atoms with E-state index in [9.17, 15) is 4.79 Å². The maximum atomic E-state index is 10.3. The molecule has 1 aromatic rings. The van der Waals surface area contributed by atoms with Crippen molar-refractivity contribution >= 4 is 6.26 Å². The molecule has 54 valence electrons. The topological polar surface area (TPSA) is 17.1 Å². The Labute approximate surface area is 63.1 Å². The van der Waals surface area contributed by atoms with Gasteiger partial charge in [0.2, 0.25) is 0 Å². The summed E-state index contributed by atoms with van der Waals surface area (Å²) in [5, 5.41) is 0. The predicted octanol–water partition coefficient (Wildman–Crippen LogP) is 2.53. The fourth-order valence-corrected chi connectivity index (χ4v) is 0.506. The van der Waals surface area contributed by atoms with Crippen LogP contribution in [-0.4, -0.2) is 6.26 Å². The number of benzene rings is 1. The van der Waals surface area contributed by atoms with E-state index in [0.29, 0.717) is 5.56 Å². The van der Waals surface area contributed by atoms with Gasteiger partial charge in [-0.3, -0.25) is 4.79 Å². The van der Waals surface area contributed by atoms with Gasteiger partial charge in [-0.15, -0.1) is 0 Å². The van der Waals surface area contributed by atoms with Crippen molar-refractivity contribution in [2.24, 2.45) is 0 Å². The van der Waals surface area contributed by atoms with Crippen molar-refractivity contribution < 1.29 is 6.17 Å². The first-order chi connectivity index (χ1) is 5.30. The standard InChI is InChI=1S/C7H6O.C2H6/c8-6-7-4-2-1-3-5-7;1-2/h1-6H;1-2H3/i6D;. The lowest BCUT2D eigenvalue weighted by atomic mass is 10.2. The summed E-state index contributed by atoms with van der Waals surface area (Å²) in [6.07, 6.45) is -0.629. The summed E-state index contributed by atoms with van der Waals surface area (Å²) >= 11 is 0. The van der Waals surface area contributed by atoms with Crippen LogP contribution in [0.1, 0.15) is 25.6 Å². The van der Waals surface area contributed by atoms with Crippen molar-refractivity contribution in [1.29, 1.82) is 0 Å². The van der Waals surface area contributed by atoms with E-state index in [2.05, 4.69) is 0 Å². The number of hydrogen-bond acceptors (Lipinski definition) is 1. The molecular weight excluding hydrogens is 124 g/mol. The first kappa shape index (κ1) is 7.00. The molecule has 0 aliphatic heterocycles. The third kappa shape index (κ3) is 3.02. The van der Waals surface area contributed by atoms with Crippen LogP contribution in [0.2, 0.25) is 0 Å². The Morgan fingerprint density at radius 3 is 2.10 bits per heavy atom. The highest BCUT2D eigenvalue weighted by molar-refractivity contribution is 5.74. The molecule has 0 saturated carbocycles. The zero-order valence-electron chi connectivity index (χ0n) is 7.29. The van der Waals surface area contributed by atoms with Gasteiger partial charge in [0.15, 0.2) is 0 Å². The normalized spacial score (nSPS) is 8.80. The van der Waals surface area contributed by atoms with Gasteiger partial charge in [0.05, 0.1) is 0 Å². The Morgan fingerprint density at radius 2 is 1.80 bits per heavy atom. The van der Waals surface area contributed by atoms with E-state index >= 15 is 0 Å². The number of rotatable bonds is 1. The highest BCUT2D eigenvalue weighted by Crippen LogP contribution is 1.91. The van der Waals surface area contributed by atoms with Crippen LogP contribution in [0.15, 0.2) is 30.3 Å². The summed E-state index contributed by atoms with van der Waals surface area (Å²) in [6.45, 7) is 4.00. The lowest BCUT2D eigenvalue weighted by molar-refractivity contribution is 0.112. The molecule has 0 N–H and O–H groups in total. The van der Waals surface area contributed by atoms with Gasteiger partial charge in [-0.25, -0.2) is 0 Å². The van der Waals surface area contributed by atoms with Crippen LogP contribution in [0.3, 0.4) is 0 Å². The largest absolute Gasteiger partial charge is 0.298 e. The van der Waals surface area contributed by atoms with Gasteiger partial charge in [0, 0.05) is 5.56 Å². The van der Waals surface area contributed by atoms with Crippen molar-refractivity contribution in [2.45, 2.75) is 13.8 Å². The Hall–Kier alpha value is -1.11. The van der Waals surface area contributed by atoms with E-state index in [1.165, 1.54) is 0 Å². The van der Waals surface area contributed by atoms with Gasteiger partial charge in [-0.05, 0) is 0 Å². The van der Waals surface area contributed by atoms with Crippen LogP contribution in [0, 0.1) is 0 Å². The summed E-state index contributed by atoms with van der Waals surface area (Å²) in [6, 6.07) is 8.53. The molecule has 0 unspecified atom stereocenters. The SMILES string of the molecule is CC.[2H]C(=O)c1ccccc1. The number of aldehydes is 1. The van der Waals surface area contributed by atoms with Gasteiger partial charge < -0.3 is 0 Å². The first-order valence-electron chi connectivity index (χ1n) is 3.86. The second kappa shape index (κ2) is 6.02. The predicted molar refractivity (Wildman–Crippen MR) is 43.2 cm³/mol. The zero-order valence-corrected chi connectivity index (χ0v) is 6.29. The molecule has 0 amide bonds. The molecule has 0 atom stereocenters. The third-order valence-corrected chi connectivity index (χ3v) is 0.892. The van der Waals surface area contributed by atoms with Crippen molar-refractivity contribution in [3.05, 3.63) is 35.9 Å². The second-order valence-electron chi connectivity index (χ2n) is 1.47. The molecule has 0 fully saturated rings.